The normalized spacial score (nSPS) is 16.2. The molecule has 1 unspecified atom stereocenters. The Bertz CT molecular complexity index is 1130. The van der Waals surface area contributed by atoms with E-state index in [-0.39, 0.29) is 24.8 Å². The number of carbonyl (C=O) groups is 1. The van der Waals surface area contributed by atoms with Crippen molar-refractivity contribution >= 4 is 21.9 Å². The van der Waals surface area contributed by atoms with Crippen LogP contribution >= 0.6 is 0 Å². The van der Waals surface area contributed by atoms with E-state index in [4.69, 9.17) is 5.14 Å². The Balaban J connectivity index is 1.69. The Labute approximate surface area is 203 Å². The van der Waals surface area contributed by atoms with Crippen LogP contribution in [-0.4, -0.2) is 32.4 Å². The van der Waals surface area contributed by atoms with Gasteiger partial charge in [-0.3, -0.25) is 4.79 Å². The number of piperidine rings is 1. The highest BCUT2D eigenvalue weighted by Crippen LogP contribution is 2.32. The van der Waals surface area contributed by atoms with Crippen LogP contribution in [0.2, 0.25) is 0 Å². The number of nitrogens with zero attached hydrogens (tertiary/aromatic N) is 2. The standard InChI is InChI=1S/C23H30F3N5O3S/c1-15-9-11-31(12-10-15)21-19(7-8-20(30-21)23(24,25)26)14-28-22(32)16(2)18-5-3-17(4-6-18)13-29-35(27,33)34/h3-8,15-16,29H,9-14H2,1-2H3,(H,28,32)(H2,27,33,34). The first-order valence-corrected chi connectivity index (χ1v) is 12.8. The minimum atomic E-state index is -4.55. The van der Waals surface area contributed by atoms with E-state index < -0.39 is 28.0 Å². The highest BCUT2D eigenvalue weighted by molar-refractivity contribution is 7.87. The van der Waals surface area contributed by atoms with Crippen molar-refractivity contribution in [1.29, 1.82) is 0 Å². The van der Waals surface area contributed by atoms with Crippen molar-refractivity contribution in [3.05, 3.63) is 58.8 Å². The van der Waals surface area contributed by atoms with Gasteiger partial charge in [-0.1, -0.05) is 37.3 Å². The number of anilines is 1. The molecule has 1 fully saturated rings. The number of hydrogen-bond acceptors (Lipinski definition) is 5. The molecule has 0 bridgehead atoms. The van der Waals surface area contributed by atoms with Crippen molar-refractivity contribution < 1.29 is 26.4 Å². The van der Waals surface area contributed by atoms with Gasteiger partial charge in [0, 0.05) is 31.7 Å². The van der Waals surface area contributed by atoms with E-state index in [2.05, 4.69) is 21.9 Å². The molecular formula is C23H30F3N5O3S. The van der Waals surface area contributed by atoms with Gasteiger partial charge < -0.3 is 10.2 Å². The van der Waals surface area contributed by atoms with Crippen molar-refractivity contribution in [3.8, 4) is 0 Å². The van der Waals surface area contributed by atoms with E-state index in [9.17, 15) is 26.4 Å². The number of rotatable bonds is 8. The maximum absolute atomic E-state index is 13.3. The Kier molecular flexibility index (Phi) is 8.39. The molecular weight excluding hydrogens is 483 g/mol. The molecule has 1 saturated heterocycles. The summed E-state index contributed by atoms with van der Waals surface area (Å²) in [6.45, 7) is 5.12. The van der Waals surface area contributed by atoms with Gasteiger partial charge in [-0.05, 0) is 42.9 Å². The van der Waals surface area contributed by atoms with Crippen molar-refractivity contribution in [2.45, 2.75) is 51.9 Å². The number of aromatic nitrogens is 1. The second kappa shape index (κ2) is 10.9. The molecule has 1 aliphatic heterocycles. The maximum Gasteiger partial charge on any atom is 0.433 e. The lowest BCUT2D eigenvalue weighted by molar-refractivity contribution is -0.141. The molecule has 2 heterocycles. The summed E-state index contributed by atoms with van der Waals surface area (Å²) in [4.78, 5) is 18.5. The monoisotopic (exact) mass is 513 g/mol. The minimum Gasteiger partial charge on any atom is -0.356 e. The first-order valence-electron chi connectivity index (χ1n) is 11.3. The summed E-state index contributed by atoms with van der Waals surface area (Å²) in [5.74, 6) is -0.0650. The number of nitrogens with one attached hydrogen (secondary N) is 2. The molecule has 12 heteroatoms. The Morgan fingerprint density at radius 3 is 2.34 bits per heavy atom. The Morgan fingerprint density at radius 1 is 1.14 bits per heavy atom. The molecule has 35 heavy (non-hydrogen) atoms. The molecule has 0 spiro atoms. The van der Waals surface area contributed by atoms with Crippen molar-refractivity contribution in [2.75, 3.05) is 18.0 Å². The predicted octanol–water partition coefficient (Wildman–Crippen LogP) is 3.05. The molecule has 0 saturated carbocycles. The average Bonchev–Trinajstić information content (AvgIpc) is 2.80. The van der Waals surface area contributed by atoms with Gasteiger partial charge in [0.1, 0.15) is 11.5 Å². The average molecular weight is 514 g/mol. The number of nitrogens with two attached hydrogens (primary N) is 1. The second-order valence-corrected chi connectivity index (χ2v) is 10.3. The van der Waals surface area contributed by atoms with Gasteiger partial charge in [0.05, 0.1) is 5.92 Å². The van der Waals surface area contributed by atoms with Gasteiger partial charge >= 0.3 is 6.18 Å². The molecule has 192 valence electrons. The van der Waals surface area contributed by atoms with E-state index >= 15 is 0 Å². The number of benzene rings is 1. The third-order valence-electron chi connectivity index (χ3n) is 6.13. The molecule has 2 aromatic rings. The summed E-state index contributed by atoms with van der Waals surface area (Å²) in [6.07, 6.45) is -2.82. The fraction of sp³-hybridized carbons (Fsp3) is 0.478. The van der Waals surface area contributed by atoms with Crippen LogP contribution in [0.3, 0.4) is 0 Å². The van der Waals surface area contributed by atoms with Crippen LogP contribution in [0.25, 0.3) is 0 Å². The molecule has 0 aliphatic carbocycles. The molecule has 1 aliphatic rings. The van der Waals surface area contributed by atoms with Crippen molar-refractivity contribution in [3.63, 3.8) is 0 Å². The number of amides is 1. The van der Waals surface area contributed by atoms with Crippen LogP contribution < -0.4 is 20.1 Å². The number of carbonyl (C=O) groups excluding carboxylic acids is 1. The van der Waals surface area contributed by atoms with Crippen LogP contribution in [0.4, 0.5) is 19.0 Å². The molecule has 1 atom stereocenters. The number of halogens is 3. The largest absolute Gasteiger partial charge is 0.433 e. The first kappa shape index (κ1) is 26.9. The highest BCUT2D eigenvalue weighted by Gasteiger charge is 2.34. The summed E-state index contributed by atoms with van der Waals surface area (Å²) in [6, 6.07) is 9.12. The molecule has 0 radical (unpaired) electrons. The fourth-order valence-electron chi connectivity index (χ4n) is 3.86. The fourth-order valence-corrected chi connectivity index (χ4v) is 4.23. The second-order valence-electron chi connectivity index (χ2n) is 8.89. The smallest absolute Gasteiger partial charge is 0.356 e. The molecule has 1 amide bonds. The number of hydrogen-bond donors (Lipinski definition) is 3. The van der Waals surface area contributed by atoms with Gasteiger partial charge in [-0.25, -0.2) is 10.1 Å². The summed E-state index contributed by atoms with van der Waals surface area (Å²) in [7, 11) is -3.81. The first-order chi connectivity index (χ1) is 16.3. The quantitative estimate of drug-likeness (QED) is 0.502. The van der Waals surface area contributed by atoms with E-state index in [0.29, 0.717) is 35.7 Å². The third-order valence-corrected chi connectivity index (χ3v) is 6.68. The van der Waals surface area contributed by atoms with E-state index in [1.54, 1.807) is 31.2 Å². The van der Waals surface area contributed by atoms with Crippen LogP contribution in [0, 0.1) is 5.92 Å². The van der Waals surface area contributed by atoms with Gasteiger partial charge in [0.15, 0.2) is 0 Å². The van der Waals surface area contributed by atoms with Crippen molar-refractivity contribution in [1.82, 2.24) is 15.0 Å². The molecule has 8 nitrogen and oxygen atoms in total. The lowest BCUT2D eigenvalue weighted by Crippen LogP contribution is -2.35. The van der Waals surface area contributed by atoms with Crippen LogP contribution in [-0.2, 0) is 34.3 Å². The SMILES string of the molecule is CC1CCN(c2nc(C(F)(F)F)ccc2CNC(=O)C(C)c2ccc(CNS(N)(=O)=O)cc2)CC1. The van der Waals surface area contributed by atoms with Gasteiger partial charge in [-0.15, -0.1) is 0 Å². The zero-order chi connectivity index (χ0) is 25.8. The number of pyridine rings is 1. The Hall–Kier alpha value is -2.70. The van der Waals surface area contributed by atoms with Crippen LogP contribution in [0.5, 0.6) is 0 Å². The third kappa shape index (κ3) is 7.64. The van der Waals surface area contributed by atoms with Gasteiger partial charge in [-0.2, -0.15) is 26.3 Å². The molecule has 3 rings (SSSR count). The summed E-state index contributed by atoms with van der Waals surface area (Å²) in [5, 5.41) is 7.73. The highest BCUT2D eigenvalue weighted by atomic mass is 32.2. The van der Waals surface area contributed by atoms with E-state index in [1.807, 2.05) is 4.90 Å². The molecule has 1 aromatic carbocycles. The topological polar surface area (TPSA) is 117 Å². The van der Waals surface area contributed by atoms with Crippen LogP contribution in [0.15, 0.2) is 36.4 Å². The maximum atomic E-state index is 13.3. The van der Waals surface area contributed by atoms with Crippen molar-refractivity contribution in [2.24, 2.45) is 11.1 Å². The Morgan fingerprint density at radius 2 is 1.77 bits per heavy atom. The lowest BCUT2D eigenvalue weighted by Gasteiger charge is -2.33. The van der Waals surface area contributed by atoms with E-state index in [0.717, 1.165) is 18.9 Å². The zero-order valence-electron chi connectivity index (χ0n) is 19.6. The number of alkyl halides is 3. The van der Waals surface area contributed by atoms with Crippen LogP contribution in [0.1, 0.15) is 55.0 Å². The molecule has 4 N–H and O–H groups in total. The van der Waals surface area contributed by atoms with E-state index in [1.165, 1.54) is 6.07 Å². The minimum absolute atomic E-state index is 0.0265. The zero-order valence-corrected chi connectivity index (χ0v) is 20.4. The predicted molar refractivity (Wildman–Crippen MR) is 127 cm³/mol. The molecule has 1 aromatic heterocycles. The summed E-state index contributed by atoms with van der Waals surface area (Å²) in [5.41, 5.74) is 0.952. The lowest BCUT2D eigenvalue weighted by atomic mass is 9.98. The van der Waals surface area contributed by atoms with Gasteiger partial charge in [0.2, 0.25) is 5.91 Å². The van der Waals surface area contributed by atoms with Gasteiger partial charge in [0.25, 0.3) is 10.2 Å². The summed E-state index contributed by atoms with van der Waals surface area (Å²) < 4.78 is 64.1. The summed E-state index contributed by atoms with van der Waals surface area (Å²) >= 11 is 0.